The van der Waals surface area contributed by atoms with Gasteiger partial charge in [0.1, 0.15) is 0 Å². The average molecular weight is 287 g/mol. The molecule has 0 spiro atoms. The van der Waals surface area contributed by atoms with E-state index in [0.29, 0.717) is 6.54 Å². The molecule has 21 heavy (non-hydrogen) atoms. The van der Waals surface area contributed by atoms with E-state index in [4.69, 9.17) is 5.11 Å². The van der Waals surface area contributed by atoms with Gasteiger partial charge in [-0.2, -0.15) is 5.10 Å². The molecule has 110 valence electrons. The molecule has 1 aromatic heterocycles. The molecule has 0 unspecified atom stereocenters. The number of aliphatic carboxylic acids is 1. The van der Waals surface area contributed by atoms with Crippen molar-refractivity contribution in [3.63, 3.8) is 0 Å². The van der Waals surface area contributed by atoms with E-state index in [2.05, 4.69) is 5.10 Å². The number of carbonyl (C=O) groups excluding carboxylic acids is 1. The standard InChI is InChI=1S/C15H17N3O3/c1-9-3-4-13-11(5-9)12(16-17(13)2)8-18-7-10(15(20)21)6-14(18)19/h3-5,10H,6-8H2,1-2H3,(H,20,21)/t10-/m0/s1. The van der Waals surface area contributed by atoms with Crippen molar-refractivity contribution in [2.75, 3.05) is 6.54 Å². The largest absolute Gasteiger partial charge is 0.481 e. The molecule has 6 nitrogen and oxygen atoms in total. The van der Waals surface area contributed by atoms with E-state index in [1.54, 1.807) is 9.58 Å². The fourth-order valence-corrected chi connectivity index (χ4v) is 2.84. The molecule has 0 aliphatic carbocycles. The summed E-state index contributed by atoms with van der Waals surface area (Å²) in [5.41, 5.74) is 2.96. The molecule has 1 N–H and O–H groups in total. The second kappa shape index (κ2) is 4.87. The third-order valence-corrected chi connectivity index (χ3v) is 3.99. The predicted octanol–water partition coefficient (Wildman–Crippen LogP) is 1.31. The Kier molecular flexibility index (Phi) is 3.16. The SMILES string of the molecule is Cc1ccc2c(c1)c(CN1C[C@@H](C(=O)O)CC1=O)nn2C. The van der Waals surface area contributed by atoms with Crippen LogP contribution in [0.4, 0.5) is 0 Å². The number of amides is 1. The van der Waals surface area contributed by atoms with Crippen LogP contribution in [0, 0.1) is 12.8 Å². The highest BCUT2D eigenvalue weighted by Gasteiger charge is 2.34. The molecule has 1 aromatic carbocycles. The highest BCUT2D eigenvalue weighted by Crippen LogP contribution is 2.24. The third kappa shape index (κ3) is 2.37. The van der Waals surface area contributed by atoms with Crippen LogP contribution in [0.2, 0.25) is 0 Å². The molecule has 0 radical (unpaired) electrons. The van der Waals surface area contributed by atoms with Gasteiger partial charge in [-0.3, -0.25) is 14.3 Å². The fourth-order valence-electron chi connectivity index (χ4n) is 2.84. The number of hydrogen-bond donors (Lipinski definition) is 1. The molecule has 2 aromatic rings. The van der Waals surface area contributed by atoms with Crippen LogP contribution in [0.5, 0.6) is 0 Å². The van der Waals surface area contributed by atoms with Crippen LogP contribution in [-0.4, -0.2) is 38.2 Å². The molecular formula is C15H17N3O3. The fraction of sp³-hybridized carbons (Fsp3) is 0.400. The van der Waals surface area contributed by atoms with Crippen LogP contribution < -0.4 is 0 Å². The zero-order valence-corrected chi connectivity index (χ0v) is 12.0. The Morgan fingerprint density at radius 1 is 1.48 bits per heavy atom. The first-order valence-electron chi connectivity index (χ1n) is 6.88. The number of fused-ring (bicyclic) bond motifs is 1. The topological polar surface area (TPSA) is 75.4 Å². The molecule has 0 bridgehead atoms. The van der Waals surface area contributed by atoms with Crippen LogP contribution >= 0.6 is 0 Å². The summed E-state index contributed by atoms with van der Waals surface area (Å²) >= 11 is 0. The van der Waals surface area contributed by atoms with Gasteiger partial charge in [-0.15, -0.1) is 0 Å². The van der Waals surface area contributed by atoms with Crippen LogP contribution in [-0.2, 0) is 23.2 Å². The highest BCUT2D eigenvalue weighted by atomic mass is 16.4. The van der Waals surface area contributed by atoms with Gasteiger partial charge in [-0.1, -0.05) is 11.6 Å². The number of aromatic nitrogens is 2. The van der Waals surface area contributed by atoms with Gasteiger partial charge in [0.05, 0.1) is 23.7 Å². The van der Waals surface area contributed by atoms with Gasteiger partial charge >= 0.3 is 5.97 Å². The average Bonchev–Trinajstić information content (AvgIpc) is 2.92. The molecule has 1 aliphatic heterocycles. The van der Waals surface area contributed by atoms with Crippen LogP contribution in [0.1, 0.15) is 17.7 Å². The minimum atomic E-state index is -0.910. The molecule has 1 amide bonds. The van der Waals surface area contributed by atoms with E-state index in [1.165, 1.54) is 0 Å². The van der Waals surface area contributed by atoms with Gasteiger partial charge in [0.25, 0.3) is 0 Å². The summed E-state index contributed by atoms with van der Waals surface area (Å²) in [6.07, 6.45) is 0.0825. The number of carbonyl (C=O) groups is 2. The predicted molar refractivity (Wildman–Crippen MR) is 76.6 cm³/mol. The Balaban J connectivity index is 1.90. The zero-order chi connectivity index (χ0) is 15.1. The summed E-state index contributed by atoms with van der Waals surface area (Å²) in [5.74, 6) is -1.63. The molecule has 1 saturated heterocycles. The molecule has 1 fully saturated rings. The number of aryl methyl sites for hydroxylation is 2. The van der Waals surface area contributed by atoms with E-state index in [-0.39, 0.29) is 18.9 Å². The second-order valence-corrected chi connectivity index (χ2v) is 5.60. The number of carboxylic acid groups (broad SMARTS) is 1. The van der Waals surface area contributed by atoms with E-state index >= 15 is 0 Å². The molecule has 6 heteroatoms. The van der Waals surface area contributed by atoms with Gasteiger partial charge in [0.2, 0.25) is 5.91 Å². The van der Waals surface area contributed by atoms with E-state index in [1.807, 2.05) is 32.2 Å². The number of hydrogen-bond acceptors (Lipinski definition) is 3. The van der Waals surface area contributed by atoms with Gasteiger partial charge in [0.15, 0.2) is 0 Å². The second-order valence-electron chi connectivity index (χ2n) is 5.60. The Morgan fingerprint density at radius 3 is 2.90 bits per heavy atom. The lowest BCUT2D eigenvalue weighted by molar-refractivity contribution is -0.141. The number of nitrogens with zero attached hydrogens (tertiary/aromatic N) is 3. The highest BCUT2D eigenvalue weighted by molar-refractivity contribution is 5.87. The Labute approximate surface area is 122 Å². The number of rotatable bonds is 3. The van der Waals surface area contributed by atoms with Crippen molar-refractivity contribution >= 4 is 22.8 Å². The van der Waals surface area contributed by atoms with Crippen LogP contribution in [0.3, 0.4) is 0 Å². The van der Waals surface area contributed by atoms with Crippen LogP contribution in [0.25, 0.3) is 10.9 Å². The monoisotopic (exact) mass is 287 g/mol. The molecule has 3 rings (SSSR count). The number of carboxylic acids is 1. The summed E-state index contributed by atoms with van der Waals surface area (Å²) in [6, 6.07) is 6.08. The van der Waals surface area contributed by atoms with Crippen molar-refractivity contribution < 1.29 is 14.7 Å². The smallest absolute Gasteiger partial charge is 0.308 e. The van der Waals surface area contributed by atoms with Gasteiger partial charge in [-0.05, 0) is 19.1 Å². The summed E-state index contributed by atoms with van der Waals surface area (Å²) in [5, 5.41) is 14.5. The third-order valence-electron chi connectivity index (χ3n) is 3.99. The Hall–Kier alpha value is -2.37. The van der Waals surface area contributed by atoms with Crippen molar-refractivity contribution in [3.05, 3.63) is 29.5 Å². The van der Waals surface area contributed by atoms with E-state index < -0.39 is 11.9 Å². The Morgan fingerprint density at radius 2 is 2.24 bits per heavy atom. The Bertz CT molecular complexity index is 735. The lowest BCUT2D eigenvalue weighted by Crippen LogP contribution is -2.26. The van der Waals surface area contributed by atoms with Crippen molar-refractivity contribution in [1.82, 2.24) is 14.7 Å². The molecule has 1 atom stereocenters. The molecular weight excluding hydrogens is 270 g/mol. The van der Waals surface area contributed by atoms with Gasteiger partial charge in [-0.25, -0.2) is 0 Å². The molecule has 1 aliphatic rings. The number of likely N-dealkylation sites (tertiary alicyclic amines) is 1. The summed E-state index contributed by atoms with van der Waals surface area (Å²) in [4.78, 5) is 24.5. The van der Waals surface area contributed by atoms with Gasteiger partial charge in [0, 0.05) is 25.4 Å². The van der Waals surface area contributed by atoms with Crippen molar-refractivity contribution in [3.8, 4) is 0 Å². The van der Waals surface area contributed by atoms with E-state index in [9.17, 15) is 9.59 Å². The maximum Gasteiger partial charge on any atom is 0.308 e. The lowest BCUT2D eigenvalue weighted by Gasteiger charge is -2.14. The maximum atomic E-state index is 11.9. The first-order chi connectivity index (χ1) is 9.95. The van der Waals surface area contributed by atoms with Crippen LogP contribution in [0.15, 0.2) is 18.2 Å². The minimum Gasteiger partial charge on any atom is -0.481 e. The molecule has 2 heterocycles. The lowest BCUT2D eigenvalue weighted by atomic mass is 10.1. The van der Waals surface area contributed by atoms with Crippen molar-refractivity contribution in [2.45, 2.75) is 19.9 Å². The molecule has 0 saturated carbocycles. The maximum absolute atomic E-state index is 11.9. The minimum absolute atomic E-state index is 0.0825. The van der Waals surface area contributed by atoms with Crippen molar-refractivity contribution in [2.24, 2.45) is 13.0 Å². The number of benzene rings is 1. The normalized spacial score (nSPS) is 18.7. The summed E-state index contributed by atoms with van der Waals surface area (Å²) < 4.78 is 1.79. The van der Waals surface area contributed by atoms with Gasteiger partial charge < -0.3 is 10.0 Å². The first kappa shape index (κ1) is 13.6. The quantitative estimate of drug-likeness (QED) is 0.923. The summed E-state index contributed by atoms with van der Waals surface area (Å²) in [7, 11) is 1.87. The summed E-state index contributed by atoms with van der Waals surface area (Å²) in [6.45, 7) is 2.64. The van der Waals surface area contributed by atoms with E-state index in [0.717, 1.165) is 22.2 Å². The van der Waals surface area contributed by atoms with Crippen molar-refractivity contribution in [1.29, 1.82) is 0 Å². The first-order valence-corrected chi connectivity index (χ1v) is 6.88. The zero-order valence-electron chi connectivity index (χ0n) is 12.0.